The van der Waals surface area contributed by atoms with Gasteiger partial charge in [-0.1, -0.05) is 11.8 Å². The molecule has 0 bridgehead atoms. The fourth-order valence-corrected chi connectivity index (χ4v) is 3.23. The molecular weight excluding hydrogens is 324 g/mol. The molecule has 0 saturated carbocycles. The van der Waals surface area contributed by atoms with Gasteiger partial charge in [-0.2, -0.15) is 5.26 Å². The molecule has 134 valence electrons. The first-order chi connectivity index (χ1) is 12.4. The van der Waals surface area contributed by atoms with Crippen LogP contribution in [0.15, 0.2) is 18.5 Å². The van der Waals surface area contributed by atoms with Gasteiger partial charge in [0.05, 0.1) is 23.7 Å². The van der Waals surface area contributed by atoms with Gasteiger partial charge in [0.25, 0.3) is 0 Å². The predicted molar refractivity (Wildman–Crippen MR) is 103 cm³/mol. The van der Waals surface area contributed by atoms with E-state index in [4.69, 9.17) is 11.0 Å². The molecule has 26 heavy (non-hydrogen) atoms. The van der Waals surface area contributed by atoms with E-state index in [1.54, 1.807) is 0 Å². The van der Waals surface area contributed by atoms with Crippen LogP contribution in [0.3, 0.4) is 0 Å². The third-order valence-corrected chi connectivity index (χ3v) is 4.97. The van der Waals surface area contributed by atoms with E-state index in [1.807, 2.05) is 19.1 Å². The number of hydrogen-bond donors (Lipinski definition) is 1. The Morgan fingerprint density at radius 2 is 1.92 bits per heavy atom. The van der Waals surface area contributed by atoms with Crippen molar-refractivity contribution in [2.75, 3.05) is 38.5 Å². The van der Waals surface area contributed by atoms with Crippen molar-refractivity contribution < 1.29 is 0 Å². The summed E-state index contributed by atoms with van der Waals surface area (Å²) >= 11 is 0. The normalized spacial score (nSPS) is 16.1. The standard InChI is InChI=1S/C20H24N6/c1-15-12-18-17(19(22)24-14-23-18)13-16(15)4-5-20(2,3)26-10-8-25(7-6-21)9-11-26/h12-14H,7-11H2,1-3H3,(H2,22,23,24). The summed E-state index contributed by atoms with van der Waals surface area (Å²) in [4.78, 5) is 12.9. The van der Waals surface area contributed by atoms with E-state index in [2.05, 4.69) is 51.5 Å². The SMILES string of the molecule is Cc1cc2ncnc(N)c2cc1C#CC(C)(C)N1CCN(CC#N)CC1. The Labute approximate surface area is 154 Å². The monoisotopic (exact) mass is 348 g/mol. The van der Waals surface area contributed by atoms with Gasteiger partial charge in [-0.25, -0.2) is 9.97 Å². The maximum absolute atomic E-state index is 8.83. The van der Waals surface area contributed by atoms with Crippen LogP contribution in [-0.2, 0) is 0 Å². The number of nitrogen functional groups attached to an aromatic ring is 1. The topological polar surface area (TPSA) is 82.1 Å². The molecule has 1 saturated heterocycles. The lowest BCUT2D eigenvalue weighted by atomic mass is 9.99. The highest BCUT2D eigenvalue weighted by Gasteiger charge is 2.28. The van der Waals surface area contributed by atoms with Crippen LogP contribution in [0.2, 0.25) is 0 Å². The van der Waals surface area contributed by atoms with E-state index < -0.39 is 0 Å². The molecule has 3 rings (SSSR count). The number of anilines is 1. The first kappa shape index (κ1) is 18.1. The first-order valence-corrected chi connectivity index (χ1v) is 8.79. The van der Waals surface area contributed by atoms with Crippen molar-refractivity contribution in [3.8, 4) is 17.9 Å². The van der Waals surface area contributed by atoms with Gasteiger partial charge < -0.3 is 5.73 Å². The van der Waals surface area contributed by atoms with Crippen molar-refractivity contribution in [2.45, 2.75) is 26.3 Å². The Hall–Kier alpha value is -2.67. The number of rotatable bonds is 2. The van der Waals surface area contributed by atoms with Gasteiger partial charge >= 0.3 is 0 Å². The molecule has 2 N–H and O–H groups in total. The van der Waals surface area contributed by atoms with Gasteiger partial charge in [-0.05, 0) is 38.5 Å². The Morgan fingerprint density at radius 3 is 2.62 bits per heavy atom. The molecule has 1 aliphatic heterocycles. The lowest BCUT2D eigenvalue weighted by Gasteiger charge is -2.40. The molecule has 0 aliphatic carbocycles. The zero-order valence-electron chi connectivity index (χ0n) is 15.6. The van der Waals surface area contributed by atoms with Crippen LogP contribution in [0.1, 0.15) is 25.0 Å². The highest BCUT2D eigenvalue weighted by molar-refractivity contribution is 5.89. The minimum Gasteiger partial charge on any atom is -0.383 e. The summed E-state index contributed by atoms with van der Waals surface area (Å²) in [5, 5.41) is 9.67. The van der Waals surface area contributed by atoms with Crippen molar-refractivity contribution in [2.24, 2.45) is 0 Å². The quantitative estimate of drug-likeness (QED) is 0.658. The van der Waals surface area contributed by atoms with Crippen LogP contribution in [0.25, 0.3) is 10.9 Å². The minimum atomic E-state index is -0.237. The van der Waals surface area contributed by atoms with Crippen molar-refractivity contribution in [3.63, 3.8) is 0 Å². The van der Waals surface area contributed by atoms with Crippen LogP contribution in [0.5, 0.6) is 0 Å². The van der Waals surface area contributed by atoms with Gasteiger partial charge in [0.1, 0.15) is 12.1 Å². The third kappa shape index (κ3) is 3.77. The van der Waals surface area contributed by atoms with Gasteiger partial charge in [0, 0.05) is 37.1 Å². The first-order valence-electron chi connectivity index (χ1n) is 8.79. The lowest BCUT2D eigenvalue weighted by molar-refractivity contribution is 0.0881. The second kappa shape index (κ2) is 7.29. The number of fused-ring (bicyclic) bond motifs is 1. The molecule has 1 aromatic heterocycles. The van der Waals surface area contributed by atoms with E-state index in [-0.39, 0.29) is 5.54 Å². The molecule has 0 radical (unpaired) electrons. The largest absolute Gasteiger partial charge is 0.383 e. The maximum atomic E-state index is 8.83. The summed E-state index contributed by atoms with van der Waals surface area (Å²) in [6.07, 6.45) is 1.48. The number of nitrogens with two attached hydrogens (primary N) is 1. The number of piperazine rings is 1. The Morgan fingerprint density at radius 1 is 1.19 bits per heavy atom. The Kier molecular flexibility index (Phi) is 5.08. The molecular formula is C20H24N6. The summed E-state index contributed by atoms with van der Waals surface area (Å²) in [5.41, 5.74) is 8.62. The van der Waals surface area contributed by atoms with Crippen LogP contribution in [0.4, 0.5) is 5.82 Å². The van der Waals surface area contributed by atoms with Gasteiger partial charge in [-0.15, -0.1) is 0 Å². The van der Waals surface area contributed by atoms with Gasteiger partial charge in [-0.3, -0.25) is 9.80 Å². The summed E-state index contributed by atoms with van der Waals surface area (Å²) in [6.45, 7) is 10.5. The number of aromatic nitrogens is 2. The number of benzene rings is 1. The van der Waals surface area contributed by atoms with Gasteiger partial charge in [0.2, 0.25) is 0 Å². The van der Waals surface area contributed by atoms with Crippen molar-refractivity contribution in [3.05, 3.63) is 29.6 Å². The Balaban J connectivity index is 1.82. The van der Waals surface area contributed by atoms with E-state index >= 15 is 0 Å². The molecule has 0 spiro atoms. The Bertz CT molecular complexity index is 908. The van der Waals surface area contributed by atoms with E-state index in [0.29, 0.717) is 12.4 Å². The van der Waals surface area contributed by atoms with E-state index in [0.717, 1.165) is 48.2 Å². The van der Waals surface area contributed by atoms with Crippen LogP contribution in [-0.4, -0.2) is 58.0 Å². The minimum absolute atomic E-state index is 0.237. The van der Waals surface area contributed by atoms with Gasteiger partial charge in [0.15, 0.2) is 0 Å². The highest BCUT2D eigenvalue weighted by Crippen LogP contribution is 2.22. The zero-order valence-corrected chi connectivity index (χ0v) is 15.6. The predicted octanol–water partition coefficient (Wildman–Crippen LogP) is 1.79. The third-order valence-electron chi connectivity index (χ3n) is 4.97. The van der Waals surface area contributed by atoms with Crippen molar-refractivity contribution >= 4 is 16.7 Å². The molecule has 1 aliphatic rings. The zero-order chi connectivity index (χ0) is 18.7. The van der Waals surface area contributed by atoms with Crippen molar-refractivity contribution in [1.82, 2.24) is 19.8 Å². The molecule has 0 unspecified atom stereocenters. The fraction of sp³-hybridized carbons (Fsp3) is 0.450. The molecule has 2 heterocycles. The molecule has 0 atom stereocenters. The van der Waals surface area contributed by atoms with Crippen LogP contribution >= 0.6 is 0 Å². The number of nitrogens with zero attached hydrogens (tertiary/aromatic N) is 5. The lowest BCUT2D eigenvalue weighted by Crippen LogP contribution is -2.54. The number of aryl methyl sites for hydroxylation is 1. The summed E-state index contributed by atoms with van der Waals surface area (Å²) in [7, 11) is 0. The fourth-order valence-electron chi connectivity index (χ4n) is 3.23. The molecule has 6 nitrogen and oxygen atoms in total. The van der Waals surface area contributed by atoms with Crippen LogP contribution < -0.4 is 5.73 Å². The van der Waals surface area contributed by atoms with Crippen LogP contribution in [0, 0.1) is 30.1 Å². The molecule has 6 heteroatoms. The molecule has 1 aromatic carbocycles. The second-order valence-corrected chi connectivity index (χ2v) is 7.17. The number of nitriles is 1. The molecule has 0 amide bonds. The smallest absolute Gasteiger partial charge is 0.134 e. The highest BCUT2D eigenvalue weighted by atomic mass is 15.3. The van der Waals surface area contributed by atoms with E-state index in [9.17, 15) is 0 Å². The van der Waals surface area contributed by atoms with E-state index in [1.165, 1.54) is 6.33 Å². The average Bonchev–Trinajstić information content (AvgIpc) is 2.61. The van der Waals surface area contributed by atoms with Crippen molar-refractivity contribution in [1.29, 1.82) is 5.26 Å². The summed E-state index contributed by atoms with van der Waals surface area (Å²) in [6, 6.07) is 6.21. The maximum Gasteiger partial charge on any atom is 0.134 e. The number of hydrogen-bond acceptors (Lipinski definition) is 6. The average molecular weight is 348 g/mol. The molecule has 1 fully saturated rings. The molecule has 2 aromatic rings. The second-order valence-electron chi connectivity index (χ2n) is 7.17. The summed E-state index contributed by atoms with van der Waals surface area (Å²) < 4.78 is 0. The summed E-state index contributed by atoms with van der Waals surface area (Å²) in [5.74, 6) is 7.24.